The van der Waals surface area contributed by atoms with Crippen molar-refractivity contribution in [1.82, 2.24) is 5.32 Å². The average molecular weight is 284 g/mol. The van der Waals surface area contributed by atoms with Crippen molar-refractivity contribution >= 4 is 22.9 Å². The molecular weight excluding hydrogens is 266 g/mol. The van der Waals surface area contributed by atoms with Gasteiger partial charge in [-0.05, 0) is 65.9 Å². The molecule has 0 fully saturated rings. The Hall–Kier alpha value is -0.770. The van der Waals surface area contributed by atoms with E-state index in [0.717, 1.165) is 31.4 Å². The predicted octanol–water partition coefficient (Wildman–Crippen LogP) is 4.67. The molecule has 1 atom stereocenters. The van der Waals surface area contributed by atoms with Gasteiger partial charge in [-0.3, -0.25) is 0 Å². The average Bonchev–Trinajstić information content (AvgIpc) is 3.01. The number of thiophene rings is 1. The third-order valence-electron chi connectivity index (χ3n) is 2.96. The van der Waals surface area contributed by atoms with Crippen molar-refractivity contribution in [3.05, 3.63) is 45.5 Å². The van der Waals surface area contributed by atoms with Gasteiger partial charge in [0.2, 0.25) is 0 Å². The maximum absolute atomic E-state index is 6.07. The van der Waals surface area contributed by atoms with Crippen LogP contribution in [0.15, 0.2) is 33.6 Å². The van der Waals surface area contributed by atoms with Crippen LogP contribution in [0.25, 0.3) is 0 Å². The van der Waals surface area contributed by atoms with Crippen LogP contribution in [0.2, 0.25) is 5.22 Å². The van der Waals surface area contributed by atoms with Crippen LogP contribution < -0.4 is 5.32 Å². The first kappa shape index (κ1) is 13.7. The summed E-state index contributed by atoms with van der Waals surface area (Å²) in [7, 11) is 0. The summed E-state index contributed by atoms with van der Waals surface area (Å²) in [6, 6.07) is 4.41. The van der Waals surface area contributed by atoms with Crippen LogP contribution >= 0.6 is 22.9 Å². The van der Waals surface area contributed by atoms with Gasteiger partial charge in [0, 0.05) is 11.6 Å². The molecule has 2 nitrogen and oxygen atoms in total. The van der Waals surface area contributed by atoms with Crippen molar-refractivity contribution in [2.24, 2.45) is 0 Å². The lowest BCUT2D eigenvalue weighted by molar-refractivity contribution is 0.489. The molecule has 0 aliphatic carbocycles. The first-order chi connectivity index (χ1) is 8.81. The van der Waals surface area contributed by atoms with Gasteiger partial charge in [-0.2, -0.15) is 11.3 Å². The van der Waals surface area contributed by atoms with Crippen molar-refractivity contribution in [2.45, 2.75) is 32.2 Å². The Morgan fingerprint density at radius 1 is 1.44 bits per heavy atom. The topological polar surface area (TPSA) is 25.2 Å². The van der Waals surface area contributed by atoms with Crippen molar-refractivity contribution < 1.29 is 4.42 Å². The van der Waals surface area contributed by atoms with Gasteiger partial charge in [-0.25, -0.2) is 0 Å². The fourth-order valence-electron chi connectivity index (χ4n) is 1.99. The normalized spacial score (nSPS) is 12.8. The SMILES string of the molecule is CCCNC(CCc1ccsc1)c1ccoc1Cl. The van der Waals surface area contributed by atoms with Gasteiger partial charge >= 0.3 is 0 Å². The van der Waals surface area contributed by atoms with Crippen LogP contribution in [0.4, 0.5) is 0 Å². The Balaban J connectivity index is 1.99. The van der Waals surface area contributed by atoms with Gasteiger partial charge in [0.15, 0.2) is 5.22 Å². The molecule has 0 spiro atoms. The third kappa shape index (κ3) is 3.61. The van der Waals surface area contributed by atoms with Crippen LogP contribution in [0.1, 0.15) is 36.9 Å². The molecule has 0 amide bonds. The molecule has 2 heterocycles. The van der Waals surface area contributed by atoms with Crippen molar-refractivity contribution in [3.8, 4) is 0 Å². The van der Waals surface area contributed by atoms with Crippen LogP contribution in [0.5, 0.6) is 0 Å². The van der Waals surface area contributed by atoms with Crippen LogP contribution in [0.3, 0.4) is 0 Å². The number of halogens is 1. The van der Waals surface area contributed by atoms with E-state index in [-0.39, 0.29) is 6.04 Å². The molecule has 0 aromatic carbocycles. The Morgan fingerprint density at radius 3 is 2.94 bits per heavy atom. The fraction of sp³-hybridized carbons (Fsp3) is 0.429. The molecule has 0 bridgehead atoms. The minimum Gasteiger partial charge on any atom is -0.453 e. The summed E-state index contributed by atoms with van der Waals surface area (Å²) in [6.07, 6.45) is 4.87. The molecule has 0 saturated carbocycles. The maximum atomic E-state index is 6.07. The van der Waals surface area contributed by atoms with Gasteiger partial charge < -0.3 is 9.73 Å². The Morgan fingerprint density at radius 2 is 2.33 bits per heavy atom. The summed E-state index contributed by atoms with van der Waals surface area (Å²) in [5, 5.41) is 8.36. The Bertz CT molecular complexity index is 452. The molecule has 1 N–H and O–H groups in total. The molecule has 2 aromatic heterocycles. The number of hydrogen-bond acceptors (Lipinski definition) is 3. The quantitative estimate of drug-likeness (QED) is 0.799. The summed E-state index contributed by atoms with van der Waals surface area (Å²) < 4.78 is 5.19. The fourth-order valence-corrected chi connectivity index (χ4v) is 2.94. The van der Waals surface area contributed by atoms with Gasteiger partial charge in [-0.15, -0.1) is 0 Å². The predicted molar refractivity (Wildman–Crippen MR) is 77.4 cm³/mol. The number of nitrogens with one attached hydrogen (secondary N) is 1. The lowest BCUT2D eigenvalue weighted by atomic mass is 10.0. The molecule has 1 unspecified atom stereocenters. The summed E-state index contributed by atoms with van der Waals surface area (Å²) in [5.41, 5.74) is 2.46. The smallest absolute Gasteiger partial charge is 0.197 e. The van der Waals surface area contributed by atoms with E-state index >= 15 is 0 Å². The van der Waals surface area contributed by atoms with Gasteiger partial charge in [0.05, 0.1) is 6.26 Å². The second-order valence-corrected chi connectivity index (χ2v) is 5.45. The van der Waals surface area contributed by atoms with E-state index in [0.29, 0.717) is 5.22 Å². The monoisotopic (exact) mass is 283 g/mol. The molecule has 0 saturated heterocycles. The molecule has 98 valence electrons. The highest BCUT2D eigenvalue weighted by molar-refractivity contribution is 7.07. The highest BCUT2D eigenvalue weighted by Gasteiger charge is 2.16. The molecule has 0 aliphatic heterocycles. The molecule has 0 radical (unpaired) electrons. The summed E-state index contributed by atoms with van der Waals surface area (Å²) in [5.74, 6) is 0. The van der Waals surface area contributed by atoms with Gasteiger partial charge in [0.1, 0.15) is 0 Å². The number of hydrogen-bond donors (Lipinski definition) is 1. The van der Waals surface area contributed by atoms with Crippen molar-refractivity contribution in [2.75, 3.05) is 6.54 Å². The van der Waals surface area contributed by atoms with E-state index in [1.165, 1.54) is 5.56 Å². The zero-order valence-corrected chi connectivity index (χ0v) is 12.1. The minimum absolute atomic E-state index is 0.274. The van der Waals surface area contributed by atoms with E-state index in [1.807, 2.05) is 6.07 Å². The zero-order chi connectivity index (χ0) is 12.8. The lowest BCUT2D eigenvalue weighted by Gasteiger charge is -2.17. The number of rotatable bonds is 7. The van der Waals surface area contributed by atoms with E-state index in [9.17, 15) is 0 Å². The van der Waals surface area contributed by atoms with Crippen LogP contribution in [0, 0.1) is 0 Å². The standard InChI is InChI=1S/C14H18ClNOS/c1-2-7-16-13(12-5-8-17-14(12)15)4-3-11-6-9-18-10-11/h5-6,8-10,13,16H,2-4,7H2,1H3. The maximum Gasteiger partial charge on any atom is 0.197 e. The molecule has 4 heteroatoms. The van der Waals surface area contributed by atoms with E-state index in [1.54, 1.807) is 17.6 Å². The van der Waals surface area contributed by atoms with Gasteiger partial charge in [-0.1, -0.05) is 6.92 Å². The van der Waals surface area contributed by atoms with Crippen molar-refractivity contribution in [1.29, 1.82) is 0 Å². The largest absolute Gasteiger partial charge is 0.453 e. The lowest BCUT2D eigenvalue weighted by Crippen LogP contribution is -2.22. The van der Waals surface area contributed by atoms with E-state index in [4.69, 9.17) is 16.0 Å². The number of aryl methyl sites for hydroxylation is 1. The van der Waals surface area contributed by atoms with E-state index < -0.39 is 0 Å². The molecule has 0 aliphatic rings. The molecule has 2 rings (SSSR count). The van der Waals surface area contributed by atoms with Crippen molar-refractivity contribution in [3.63, 3.8) is 0 Å². The molecular formula is C14H18ClNOS. The summed E-state index contributed by atoms with van der Waals surface area (Å²) in [4.78, 5) is 0. The summed E-state index contributed by atoms with van der Waals surface area (Å²) >= 11 is 7.81. The third-order valence-corrected chi connectivity index (χ3v) is 4.00. The van der Waals surface area contributed by atoms with Gasteiger partial charge in [0.25, 0.3) is 0 Å². The Kier molecular flexibility index (Phi) is 5.29. The first-order valence-electron chi connectivity index (χ1n) is 6.28. The summed E-state index contributed by atoms with van der Waals surface area (Å²) in [6.45, 7) is 3.16. The minimum atomic E-state index is 0.274. The van der Waals surface area contributed by atoms with Crippen LogP contribution in [-0.2, 0) is 6.42 Å². The molecule has 2 aromatic rings. The number of furan rings is 1. The molecule has 18 heavy (non-hydrogen) atoms. The highest BCUT2D eigenvalue weighted by Crippen LogP contribution is 2.27. The highest BCUT2D eigenvalue weighted by atomic mass is 35.5. The zero-order valence-electron chi connectivity index (χ0n) is 10.5. The Labute approximate surface area is 117 Å². The van der Waals surface area contributed by atoms with E-state index in [2.05, 4.69) is 29.1 Å². The first-order valence-corrected chi connectivity index (χ1v) is 7.60. The van der Waals surface area contributed by atoms with Crippen LogP contribution in [-0.4, -0.2) is 6.54 Å². The second kappa shape index (κ2) is 6.98. The second-order valence-electron chi connectivity index (χ2n) is 4.33.